The zero-order chi connectivity index (χ0) is 15.2. The number of Topliss-reactive ketones (excluding diaryl/α,β-unsaturated/α-hetero) is 1. The Labute approximate surface area is 127 Å². The lowest BCUT2D eigenvalue weighted by Gasteiger charge is -2.20. The highest BCUT2D eigenvalue weighted by Gasteiger charge is 2.16. The molecule has 21 heavy (non-hydrogen) atoms. The first-order valence-corrected chi connectivity index (χ1v) is 6.75. The highest BCUT2D eigenvalue weighted by Crippen LogP contribution is 2.16. The van der Waals surface area contributed by atoms with Gasteiger partial charge in [-0.15, -0.1) is 0 Å². The number of carbonyl (C=O) groups excluding carboxylic acids is 2. The Balaban J connectivity index is 2.07. The maximum Gasteiger partial charge on any atom is 0.165 e. The number of anilines is 1. The molecule has 0 saturated carbocycles. The fraction of sp³-hybridized carbons (Fsp3) is 0.125. The molecule has 1 N–H and O–H groups in total. The van der Waals surface area contributed by atoms with E-state index in [0.717, 1.165) is 0 Å². The molecule has 0 spiro atoms. The minimum Gasteiger partial charge on any atom is -0.548 e. The number of halogens is 1. The van der Waals surface area contributed by atoms with Gasteiger partial charge >= 0.3 is 0 Å². The molecule has 1 atom stereocenters. The fourth-order valence-electron chi connectivity index (χ4n) is 1.87. The van der Waals surface area contributed by atoms with Crippen LogP contribution in [-0.2, 0) is 4.79 Å². The van der Waals surface area contributed by atoms with Crippen LogP contribution in [-0.4, -0.2) is 17.8 Å². The van der Waals surface area contributed by atoms with Crippen LogP contribution in [0.3, 0.4) is 0 Å². The summed E-state index contributed by atoms with van der Waals surface area (Å²) in [4.78, 5) is 23.2. The van der Waals surface area contributed by atoms with E-state index < -0.39 is 12.0 Å². The Bertz CT molecular complexity index is 626. The largest absolute Gasteiger partial charge is 0.548 e. The lowest BCUT2D eigenvalue weighted by atomic mass is 10.0. The second-order valence-electron chi connectivity index (χ2n) is 4.52. The van der Waals surface area contributed by atoms with Crippen molar-refractivity contribution in [2.75, 3.05) is 5.32 Å². The first kappa shape index (κ1) is 15.1. The summed E-state index contributed by atoms with van der Waals surface area (Å²) in [5.74, 6) is -1.58. The van der Waals surface area contributed by atoms with Crippen LogP contribution in [0.2, 0.25) is 5.02 Å². The van der Waals surface area contributed by atoms with Gasteiger partial charge in [-0.3, -0.25) is 4.79 Å². The third-order valence-electron chi connectivity index (χ3n) is 2.95. The summed E-state index contributed by atoms with van der Waals surface area (Å²) in [6.45, 7) is 0. The summed E-state index contributed by atoms with van der Waals surface area (Å²) in [5, 5.41) is 14.5. The Morgan fingerprint density at radius 1 is 1.05 bits per heavy atom. The van der Waals surface area contributed by atoms with Gasteiger partial charge in [0.25, 0.3) is 0 Å². The molecule has 0 aliphatic rings. The number of carboxylic acids is 1. The van der Waals surface area contributed by atoms with E-state index in [9.17, 15) is 14.7 Å². The van der Waals surface area contributed by atoms with E-state index in [1.807, 2.05) is 0 Å². The van der Waals surface area contributed by atoms with Gasteiger partial charge in [0.15, 0.2) is 5.78 Å². The zero-order valence-corrected chi connectivity index (χ0v) is 11.8. The van der Waals surface area contributed by atoms with E-state index in [0.29, 0.717) is 16.3 Å². The van der Waals surface area contributed by atoms with Crippen LogP contribution < -0.4 is 10.4 Å². The van der Waals surface area contributed by atoms with Crippen molar-refractivity contribution in [1.29, 1.82) is 0 Å². The molecule has 108 valence electrons. The van der Waals surface area contributed by atoms with Gasteiger partial charge in [0, 0.05) is 22.7 Å². The van der Waals surface area contributed by atoms with Gasteiger partial charge in [0.05, 0.1) is 12.0 Å². The van der Waals surface area contributed by atoms with E-state index in [1.165, 1.54) is 0 Å². The molecule has 5 heteroatoms. The molecule has 0 bridgehead atoms. The number of carboxylic acid groups (broad SMARTS) is 1. The SMILES string of the molecule is O=C(C[C@@H](Nc1ccc(Cl)cc1)C(=O)[O-])c1ccccc1. The average molecular weight is 303 g/mol. The third-order valence-corrected chi connectivity index (χ3v) is 3.21. The summed E-state index contributed by atoms with van der Waals surface area (Å²) in [5.41, 5.74) is 1.04. The standard InChI is InChI=1S/C16H14ClNO3/c17-12-6-8-13(9-7-12)18-14(16(20)21)10-15(19)11-4-2-1-3-5-11/h1-9,14,18H,10H2,(H,20,21)/p-1/t14-/m1/s1. The van der Waals surface area contributed by atoms with E-state index in [-0.39, 0.29) is 12.2 Å². The molecule has 2 rings (SSSR count). The molecule has 2 aromatic carbocycles. The van der Waals surface area contributed by atoms with Crippen LogP contribution in [0.1, 0.15) is 16.8 Å². The minimum atomic E-state index is -1.32. The van der Waals surface area contributed by atoms with Gasteiger partial charge in [-0.25, -0.2) is 0 Å². The van der Waals surface area contributed by atoms with Gasteiger partial charge in [-0.05, 0) is 24.3 Å². The first-order valence-electron chi connectivity index (χ1n) is 6.37. The summed E-state index contributed by atoms with van der Waals surface area (Å²) in [6.07, 6.45) is -0.186. The first-order chi connectivity index (χ1) is 10.1. The van der Waals surface area contributed by atoms with Crippen molar-refractivity contribution in [2.24, 2.45) is 0 Å². The second kappa shape index (κ2) is 6.90. The van der Waals surface area contributed by atoms with Gasteiger partial charge in [0.2, 0.25) is 0 Å². The Morgan fingerprint density at radius 2 is 1.67 bits per heavy atom. The van der Waals surface area contributed by atoms with Crippen LogP contribution in [0.5, 0.6) is 0 Å². The maximum atomic E-state index is 12.1. The maximum absolute atomic E-state index is 12.1. The number of rotatable bonds is 6. The van der Waals surface area contributed by atoms with Crippen LogP contribution in [0, 0.1) is 0 Å². The number of hydrogen-bond donors (Lipinski definition) is 1. The monoisotopic (exact) mass is 302 g/mol. The number of aliphatic carboxylic acids is 1. The number of benzene rings is 2. The lowest BCUT2D eigenvalue weighted by molar-refractivity contribution is -0.306. The number of hydrogen-bond acceptors (Lipinski definition) is 4. The molecule has 0 heterocycles. The van der Waals surface area contributed by atoms with Crippen LogP contribution in [0.25, 0.3) is 0 Å². The summed E-state index contributed by atoms with van der Waals surface area (Å²) >= 11 is 5.76. The molecule has 2 aromatic rings. The van der Waals surface area contributed by atoms with Crippen LogP contribution in [0.15, 0.2) is 54.6 Å². The summed E-state index contributed by atoms with van der Waals surface area (Å²) in [6, 6.07) is 14.0. The molecular formula is C16H13ClNO3-. The topological polar surface area (TPSA) is 69.2 Å². The fourth-order valence-corrected chi connectivity index (χ4v) is 1.99. The van der Waals surface area contributed by atoms with E-state index in [4.69, 9.17) is 11.6 Å². The van der Waals surface area contributed by atoms with E-state index in [1.54, 1.807) is 54.6 Å². The predicted octanol–water partition coefficient (Wildman–Crippen LogP) is 2.14. The number of carbonyl (C=O) groups is 2. The predicted molar refractivity (Wildman–Crippen MR) is 79.3 cm³/mol. The van der Waals surface area contributed by atoms with Gasteiger partial charge in [-0.1, -0.05) is 41.9 Å². The van der Waals surface area contributed by atoms with Crippen molar-refractivity contribution in [2.45, 2.75) is 12.5 Å². The van der Waals surface area contributed by atoms with E-state index >= 15 is 0 Å². The summed E-state index contributed by atoms with van der Waals surface area (Å²) < 4.78 is 0. The van der Waals surface area contributed by atoms with Gasteiger partial charge in [-0.2, -0.15) is 0 Å². The quantitative estimate of drug-likeness (QED) is 0.830. The zero-order valence-electron chi connectivity index (χ0n) is 11.1. The van der Waals surface area contributed by atoms with Crippen molar-refractivity contribution < 1.29 is 14.7 Å². The second-order valence-corrected chi connectivity index (χ2v) is 4.95. The molecule has 4 nitrogen and oxygen atoms in total. The lowest BCUT2D eigenvalue weighted by Crippen LogP contribution is -2.42. The molecule has 0 aromatic heterocycles. The van der Waals surface area contributed by atoms with Crippen LogP contribution >= 0.6 is 11.6 Å². The smallest absolute Gasteiger partial charge is 0.165 e. The highest BCUT2D eigenvalue weighted by molar-refractivity contribution is 6.30. The number of nitrogens with one attached hydrogen (secondary N) is 1. The Hall–Kier alpha value is -2.33. The molecule has 0 amide bonds. The number of ketones is 1. The molecule has 0 aliphatic carbocycles. The Kier molecular flexibility index (Phi) is 4.95. The molecule has 0 saturated heterocycles. The molecular weight excluding hydrogens is 290 g/mol. The highest BCUT2D eigenvalue weighted by atomic mass is 35.5. The van der Waals surface area contributed by atoms with Crippen molar-refractivity contribution in [1.82, 2.24) is 0 Å². The minimum absolute atomic E-state index is 0.186. The molecule has 0 unspecified atom stereocenters. The summed E-state index contributed by atoms with van der Waals surface area (Å²) in [7, 11) is 0. The molecule has 0 fully saturated rings. The van der Waals surface area contributed by atoms with Crippen molar-refractivity contribution in [3.05, 3.63) is 65.2 Å². The van der Waals surface area contributed by atoms with Gasteiger partial charge in [0.1, 0.15) is 0 Å². The Morgan fingerprint density at radius 3 is 2.24 bits per heavy atom. The van der Waals surface area contributed by atoms with Crippen molar-refractivity contribution in [3.63, 3.8) is 0 Å². The normalized spacial score (nSPS) is 11.7. The van der Waals surface area contributed by atoms with E-state index in [2.05, 4.69) is 5.32 Å². The van der Waals surface area contributed by atoms with Crippen molar-refractivity contribution in [3.8, 4) is 0 Å². The van der Waals surface area contributed by atoms with Crippen molar-refractivity contribution >= 4 is 29.0 Å². The third kappa shape index (κ3) is 4.33. The van der Waals surface area contributed by atoms with Gasteiger partial charge < -0.3 is 15.2 Å². The molecule has 0 radical (unpaired) electrons. The molecule has 0 aliphatic heterocycles. The van der Waals surface area contributed by atoms with Crippen LogP contribution in [0.4, 0.5) is 5.69 Å². The average Bonchev–Trinajstić information content (AvgIpc) is 2.49.